The first-order valence-corrected chi connectivity index (χ1v) is 6.71. The molecule has 0 bridgehead atoms. The first-order valence-electron chi connectivity index (χ1n) is 5.91. The molecule has 19 heavy (non-hydrogen) atoms. The molecule has 1 unspecified atom stereocenters. The zero-order valence-electron chi connectivity index (χ0n) is 10.5. The van der Waals surface area contributed by atoms with Gasteiger partial charge in [0.2, 0.25) is 0 Å². The number of aryl methyl sites for hydroxylation is 1. The summed E-state index contributed by atoms with van der Waals surface area (Å²) in [5, 5.41) is 0. The SMILES string of the molecule is Cc1cncc(C(Cc2ccc(Br)cc2F)NN)c1. The molecular formula is C14H15BrFN3. The molecule has 3 nitrogen and oxygen atoms in total. The number of nitrogens with one attached hydrogen (secondary N) is 1. The molecule has 1 atom stereocenters. The second kappa shape index (κ2) is 6.23. The first kappa shape index (κ1) is 14.1. The summed E-state index contributed by atoms with van der Waals surface area (Å²) in [6.07, 6.45) is 3.99. The molecule has 0 fully saturated rings. The van der Waals surface area contributed by atoms with Gasteiger partial charge in [-0.25, -0.2) is 4.39 Å². The Labute approximate surface area is 120 Å². The van der Waals surface area contributed by atoms with E-state index in [-0.39, 0.29) is 11.9 Å². The maximum absolute atomic E-state index is 13.8. The van der Waals surface area contributed by atoms with Crippen LogP contribution in [0.3, 0.4) is 0 Å². The third kappa shape index (κ3) is 3.59. The molecule has 100 valence electrons. The van der Waals surface area contributed by atoms with Crippen LogP contribution in [-0.2, 0) is 6.42 Å². The Morgan fingerprint density at radius 2 is 2.16 bits per heavy atom. The zero-order valence-corrected chi connectivity index (χ0v) is 12.1. The van der Waals surface area contributed by atoms with Crippen LogP contribution in [0.5, 0.6) is 0 Å². The Morgan fingerprint density at radius 1 is 1.37 bits per heavy atom. The van der Waals surface area contributed by atoms with Gasteiger partial charge in [0.15, 0.2) is 0 Å². The molecule has 0 saturated heterocycles. The molecule has 2 rings (SSSR count). The third-order valence-corrected chi connectivity index (χ3v) is 3.43. The smallest absolute Gasteiger partial charge is 0.127 e. The van der Waals surface area contributed by atoms with E-state index in [1.165, 1.54) is 6.07 Å². The lowest BCUT2D eigenvalue weighted by molar-refractivity contribution is 0.527. The topological polar surface area (TPSA) is 50.9 Å². The lowest BCUT2D eigenvalue weighted by atomic mass is 9.99. The molecule has 0 amide bonds. The van der Waals surface area contributed by atoms with Gasteiger partial charge in [-0.1, -0.05) is 28.1 Å². The van der Waals surface area contributed by atoms with Crippen molar-refractivity contribution in [1.82, 2.24) is 10.4 Å². The summed E-state index contributed by atoms with van der Waals surface area (Å²) >= 11 is 3.24. The van der Waals surface area contributed by atoms with Crippen molar-refractivity contribution in [1.29, 1.82) is 0 Å². The highest BCUT2D eigenvalue weighted by Gasteiger charge is 2.14. The number of aromatic nitrogens is 1. The van der Waals surface area contributed by atoms with E-state index in [1.807, 2.05) is 19.1 Å². The predicted molar refractivity (Wildman–Crippen MR) is 76.8 cm³/mol. The standard InChI is InChI=1S/C14H15BrFN3/c1-9-4-11(8-18-7-9)14(19-17)5-10-2-3-12(15)6-13(10)16/h2-4,6-8,14,19H,5,17H2,1H3. The minimum absolute atomic E-state index is 0.164. The number of rotatable bonds is 4. The van der Waals surface area contributed by atoms with Crippen molar-refractivity contribution in [2.75, 3.05) is 0 Å². The summed E-state index contributed by atoms with van der Waals surface area (Å²) in [7, 11) is 0. The van der Waals surface area contributed by atoms with Crippen LogP contribution >= 0.6 is 15.9 Å². The Bertz CT molecular complexity index is 574. The van der Waals surface area contributed by atoms with Crippen molar-refractivity contribution in [3.63, 3.8) is 0 Å². The fourth-order valence-electron chi connectivity index (χ4n) is 1.95. The highest BCUT2D eigenvalue weighted by atomic mass is 79.9. The maximum atomic E-state index is 13.8. The monoisotopic (exact) mass is 323 g/mol. The second-order valence-electron chi connectivity index (χ2n) is 4.45. The molecule has 3 N–H and O–H groups in total. The van der Waals surface area contributed by atoms with Gasteiger partial charge < -0.3 is 0 Å². The van der Waals surface area contributed by atoms with Crippen LogP contribution in [0.2, 0.25) is 0 Å². The molecular weight excluding hydrogens is 309 g/mol. The number of hydrogen-bond donors (Lipinski definition) is 2. The van der Waals surface area contributed by atoms with E-state index in [0.29, 0.717) is 12.0 Å². The molecule has 0 aliphatic rings. The van der Waals surface area contributed by atoms with Crippen molar-refractivity contribution in [2.45, 2.75) is 19.4 Å². The summed E-state index contributed by atoms with van der Waals surface area (Å²) in [4.78, 5) is 4.13. The minimum Gasteiger partial charge on any atom is -0.271 e. The largest absolute Gasteiger partial charge is 0.271 e. The summed E-state index contributed by atoms with van der Waals surface area (Å²) in [5.74, 6) is 5.33. The van der Waals surface area contributed by atoms with Gasteiger partial charge in [-0.2, -0.15) is 0 Å². The van der Waals surface area contributed by atoms with Gasteiger partial charge in [0, 0.05) is 16.9 Å². The van der Waals surface area contributed by atoms with E-state index in [0.717, 1.165) is 15.6 Å². The Hall–Kier alpha value is -1.30. The van der Waals surface area contributed by atoms with E-state index in [2.05, 4.69) is 26.3 Å². The van der Waals surface area contributed by atoms with Crippen LogP contribution in [0, 0.1) is 12.7 Å². The second-order valence-corrected chi connectivity index (χ2v) is 5.37. The highest BCUT2D eigenvalue weighted by Crippen LogP contribution is 2.22. The van der Waals surface area contributed by atoms with Crippen LogP contribution in [0.4, 0.5) is 4.39 Å². The maximum Gasteiger partial charge on any atom is 0.127 e. The van der Waals surface area contributed by atoms with Crippen molar-refractivity contribution in [3.8, 4) is 0 Å². The van der Waals surface area contributed by atoms with Gasteiger partial charge in [0.25, 0.3) is 0 Å². The van der Waals surface area contributed by atoms with Crippen LogP contribution in [0.25, 0.3) is 0 Å². The van der Waals surface area contributed by atoms with Gasteiger partial charge >= 0.3 is 0 Å². The summed E-state index contributed by atoms with van der Waals surface area (Å²) in [6.45, 7) is 1.96. The zero-order chi connectivity index (χ0) is 13.8. The number of benzene rings is 1. The molecule has 0 spiro atoms. The van der Waals surface area contributed by atoms with Crippen molar-refractivity contribution in [2.24, 2.45) is 5.84 Å². The van der Waals surface area contributed by atoms with Crippen molar-refractivity contribution < 1.29 is 4.39 Å². The quantitative estimate of drug-likeness (QED) is 0.671. The number of pyridine rings is 1. The average molecular weight is 324 g/mol. The van der Waals surface area contributed by atoms with E-state index in [4.69, 9.17) is 5.84 Å². The average Bonchev–Trinajstić information content (AvgIpc) is 2.38. The minimum atomic E-state index is -0.241. The van der Waals surface area contributed by atoms with E-state index in [1.54, 1.807) is 18.5 Å². The number of nitrogens with two attached hydrogens (primary N) is 1. The van der Waals surface area contributed by atoms with Crippen LogP contribution in [0.1, 0.15) is 22.7 Å². The Balaban J connectivity index is 2.24. The summed E-state index contributed by atoms with van der Waals surface area (Å²) < 4.78 is 14.6. The molecule has 0 radical (unpaired) electrons. The Morgan fingerprint density at radius 3 is 2.79 bits per heavy atom. The number of nitrogens with zero attached hydrogens (tertiary/aromatic N) is 1. The van der Waals surface area contributed by atoms with Crippen molar-refractivity contribution in [3.05, 3.63) is 63.6 Å². The fraction of sp³-hybridized carbons (Fsp3) is 0.214. The molecule has 0 aliphatic carbocycles. The van der Waals surface area contributed by atoms with Crippen LogP contribution in [0.15, 0.2) is 41.1 Å². The lowest BCUT2D eigenvalue weighted by Crippen LogP contribution is -2.30. The van der Waals surface area contributed by atoms with Gasteiger partial charge in [0.1, 0.15) is 5.82 Å². The van der Waals surface area contributed by atoms with Gasteiger partial charge in [-0.05, 0) is 42.2 Å². The van der Waals surface area contributed by atoms with E-state index < -0.39 is 0 Å². The van der Waals surface area contributed by atoms with Crippen LogP contribution in [-0.4, -0.2) is 4.98 Å². The molecule has 1 heterocycles. The predicted octanol–water partition coefficient (Wildman–Crippen LogP) is 3.04. The van der Waals surface area contributed by atoms with Crippen molar-refractivity contribution >= 4 is 15.9 Å². The fourth-order valence-corrected chi connectivity index (χ4v) is 2.28. The van der Waals surface area contributed by atoms with Crippen LogP contribution < -0.4 is 11.3 Å². The first-order chi connectivity index (χ1) is 9.10. The molecule has 0 saturated carbocycles. The number of hydrazine groups is 1. The van der Waals surface area contributed by atoms with Gasteiger partial charge in [-0.15, -0.1) is 0 Å². The van der Waals surface area contributed by atoms with E-state index in [9.17, 15) is 4.39 Å². The molecule has 1 aromatic carbocycles. The van der Waals surface area contributed by atoms with Gasteiger partial charge in [0.05, 0.1) is 6.04 Å². The summed E-state index contributed by atoms with van der Waals surface area (Å²) in [5.41, 5.74) is 5.33. The van der Waals surface area contributed by atoms with Gasteiger partial charge in [-0.3, -0.25) is 16.3 Å². The normalized spacial score (nSPS) is 12.4. The number of halogens is 2. The molecule has 0 aliphatic heterocycles. The molecule has 2 aromatic rings. The summed E-state index contributed by atoms with van der Waals surface area (Å²) in [6, 6.07) is 6.86. The highest BCUT2D eigenvalue weighted by molar-refractivity contribution is 9.10. The Kier molecular flexibility index (Phi) is 4.63. The molecule has 5 heteroatoms. The number of hydrogen-bond acceptors (Lipinski definition) is 3. The molecule has 1 aromatic heterocycles. The third-order valence-electron chi connectivity index (χ3n) is 2.94. The van der Waals surface area contributed by atoms with E-state index >= 15 is 0 Å². The lowest BCUT2D eigenvalue weighted by Gasteiger charge is -2.17.